The topological polar surface area (TPSA) is 122 Å². The minimum atomic E-state index is -1.06. The molecule has 0 saturated carbocycles. The Bertz CT molecular complexity index is 926. The average Bonchev–Trinajstić information content (AvgIpc) is 3.11. The molecule has 4 fully saturated rings. The number of piperazine rings is 1. The van der Waals surface area contributed by atoms with E-state index in [0.717, 1.165) is 25.7 Å². The van der Waals surface area contributed by atoms with Gasteiger partial charge in [0.05, 0.1) is 42.9 Å². The highest BCUT2D eigenvalue weighted by molar-refractivity contribution is 5.96. The van der Waals surface area contributed by atoms with E-state index in [1.165, 1.54) is 6.20 Å². The molecule has 1 aromatic heterocycles. The lowest BCUT2D eigenvalue weighted by molar-refractivity contribution is -0.133. The van der Waals surface area contributed by atoms with Crippen molar-refractivity contribution in [1.82, 2.24) is 30.5 Å². The van der Waals surface area contributed by atoms with Crippen molar-refractivity contribution in [3.05, 3.63) is 18.2 Å². The highest BCUT2D eigenvalue weighted by atomic mass is 19.1. The lowest BCUT2D eigenvalue weighted by Gasteiger charge is -2.39. The van der Waals surface area contributed by atoms with Crippen molar-refractivity contribution >= 4 is 23.2 Å². The van der Waals surface area contributed by atoms with Gasteiger partial charge in [0.25, 0.3) is 0 Å². The number of amides is 2. The van der Waals surface area contributed by atoms with Crippen LogP contribution in [0.25, 0.3) is 0 Å². The molecule has 0 spiro atoms. The fourth-order valence-corrected chi connectivity index (χ4v) is 5.05. The van der Waals surface area contributed by atoms with Gasteiger partial charge >= 0.3 is 0 Å². The molecule has 4 unspecified atom stereocenters. The van der Waals surface area contributed by atoms with Crippen molar-refractivity contribution in [2.24, 2.45) is 11.7 Å². The van der Waals surface area contributed by atoms with Crippen LogP contribution in [0.2, 0.25) is 0 Å². The zero-order valence-corrected chi connectivity index (χ0v) is 18.9. The third-order valence-corrected chi connectivity index (χ3v) is 7.01. The predicted molar refractivity (Wildman–Crippen MR) is 121 cm³/mol. The van der Waals surface area contributed by atoms with Gasteiger partial charge in [0.2, 0.25) is 11.8 Å². The number of nitrogens with one attached hydrogen (secondary N) is 3. The SMILES string of the molecule is NC1NN2CC(F)CNC2C1C(=O)Nc1cncc(F)c1N1CCN(C(=O)CN2CCC2)CC1. The molecule has 4 aliphatic rings. The van der Waals surface area contributed by atoms with E-state index in [1.54, 1.807) is 9.91 Å². The van der Waals surface area contributed by atoms with Crippen molar-refractivity contribution < 1.29 is 18.4 Å². The first-order valence-corrected chi connectivity index (χ1v) is 11.8. The van der Waals surface area contributed by atoms with Gasteiger partial charge in [-0.25, -0.2) is 19.2 Å². The maximum atomic E-state index is 14.9. The molecule has 4 saturated heterocycles. The monoisotopic (exact) mass is 479 g/mol. The van der Waals surface area contributed by atoms with Crippen molar-refractivity contribution in [2.75, 3.05) is 69.1 Å². The van der Waals surface area contributed by atoms with Gasteiger partial charge in [-0.1, -0.05) is 0 Å². The van der Waals surface area contributed by atoms with Gasteiger partial charge in [-0.05, 0) is 19.5 Å². The van der Waals surface area contributed by atoms with E-state index in [4.69, 9.17) is 5.73 Å². The summed E-state index contributed by atoms with van der Waals surface area (Å²) in [4.78, 5) is 35.3. The molecule has 34 heavy (non-hydrogen) atoms. The number of pyridine rings is 1. The Labute approximate surface area is 196 Å². The number of carbonyl (C=O) groups excluding carboxylic acids is 2. The lowest BCUT2D eigenvalue weighted by atomic mass is 10.0. The second-order valence-corrected chi connectivity index (χ2v) is 9.29. The molecule has 13 heteroatoms. The largest absolute Gasteiger partial charge is 0.364 e. The van der Waals surface area contributed by atoms with Gasteiger partial charge in [-0.15, -0.1) is 0 Å². The molecule has 0 aliphatic carbocycles. The summed E-state index contributed by atoms with van der Waals surface area (Å²) in [7, 11) is 0. The number of fused-ring (bicyclic) bond motifs is 1. The molecule has 5 N–H and O–H groups in total. The molecule has 186 valence electrons. The zero-order valence-electron chi connectivity index (χ0n) is 18.9. The maximum absolute atomic E-state index is 14.9. The number of nitrogens with zero attached hydrogens (tertiary/aromatic N) is 5. The molecule has 4 aliphatic heterocycles. The van der Waals surface area contributed by atoms with E-state index in [1.807, 2.05) is 4.90 Å². The number of nitrogens with two attached hydrogens (primary N) is 1. The predicted octanol–water partition coefficient (Wildman–Crippen LogP) is -1.50. The summed E-state index contributed by atoms with van der Waals surface area (Å²) >= 11 is 0. The number of rotatable bonds is 5. The van der Waals surface area contributed by atoms with Crippen molar-refractivity contribution in [3.8, 4) is 0 Å². The van der Waals surface area contributed by atoms with Crippen molar-refractivity contribution in [2.45, 2.75) is 24.9 Å². The summed E-state index contributed by atoms with van der Waals surface area (Å²) in [6.07, 6.45) is 1.41. The van der Waals surface area contributed by atoms with Crippen LogP contribution in [-0.2, 0) is 9.59 Å². The summed E-state index contributed by atoms with van der Waals surface area (Å²) in [5, 5.41) is 7.40. The minimum Gasteiger partial charge on any atom is -0.364 e. The smallest absolute Gasteiger partial charge is 0.236 e. The number of aromatic nitrogens is 1. The Kier molecular flexibility index (Phi) is 6.62. The summed E-state index contributed by atoms with van der Waals surface area (Å²) in [5.41, 5.74) is 9.55. The molecule has 11 nitrogen and oxygen atoms in total. The van der Waals surface area contributed by atoms with Gasteiger partial charge in [0.1, 0.15) is 11.9 Å². The van der Waals surface area contributed by atoms with E-state index < -0.39 is 36.1 Å². The molecule has 0 aromatic carbocycles. The highest BCUT2D eigenvalue weighted by Gasteiger charge is 2.47. The maximum Gasteiger partial charge on any atom is 0.236 e. The summed E-state index contributed by atoms with van der Waals surface area (Å²) in [5.74, 6) is -1.58. The fourth-order valence-electron chi connectivity index (χ4n) is 5.05. The first-order valence-electron chi connectivity index (χ1n) is 11.8. The van der Waals surface area contributed by atoms with Crippen LogP contribution < -0.4 is 26.7 Å². The van der Waals surface area contributed by atoms with Crippen LogP contribution in [0, 0.1) is 11.7 Å². The molecule has 4 atom stereocenters. The molecule has 0 bridgehead atoms. The lowest BCUT2D eigenvalue weighted by Crippen LogP contribution is -2.58. The van der Waals surface area contributed by atoms with Crippen LogP contribution in [-0.4, -0.2) is 109 Å². The van der Waals surface area contributed by atoms with E-state index >= 15 is 0 Å². The Balaban J connectivity index is 1.25. The first kappa shape index (κ1) is 23.3. The van der Waals surface area contributed by atoms with E-state index in [-0.39, 0.29) is 30.4 Å². The van der Waals surface area contributed by atoms with Crippen LogP contribution in [0.15, 0.2) is 12.4 Å². The van der Waals surface area contributed by atoms with E-state index in [0.29, 0.717) is 32.7 Å². The second-order valence-electron chi connectivity index (χ2n) is 9.29. The second kappa shape index (κ2) is 9.66. The number of halogens is 2. The van der Waals surface area contributed by atoms with E-state index in [2.05, 4.69) is 25.9 Å². The fraction of sp³-hybridized carbons (Fsp3) is 0.667. The molecule has 5 rings (SSSR count). The highest BCUT2D eigenvalue weighted by Crippen LogP contribution is 2.31. The number of hydrogen-bond donors (Lipinski definition) is 4. The Morgan fingerprint density at radius 2 is 1.94 bits per heavy atom. The minimum absolute atomic E-state index is 0.0888. The summed E-state index contributed by atoms with van der Waals surface area (Å²) in [6, 6.07) is 0. The number of likely N-dealkylation sites (tertiary alicyclic amines) is 1. The quantitative estimate of drug-likeness (QED) is 0.400. The zero-order chi connectivity index (χ0) is 23.8. The molecule has 0 radical (unpaired) electrons. The van der Waals surface area contributed by atoms with Crippen LogP contribution in [0.4, 0.5) is 20.2 Å². The van der Waals surface area contributed by atoms with Crippen LogP contribution >= 0.6 is 0 Å². The Morgan fingerprint density at radius 3 is 2.65 bits per heavy atom. The number of hydrazine groups is 1. The van der Waals surface area contributed by atoms with Crippen molar-refractivity contribution in [1.29, 1.82) is 0 Å². The molecular weight excluding hydrogens is 448 g/mol. The van der Waals surface area contributed by atoms with Crippen LogP contribution in [0.3, 0.4) is 0 Å². The number of anilines is 2. The van der Waals surface area contributed by atoms with E-state index in [9.17, 15) is 18.4 Å². The van der Waals surface area contributed by atoms with Gasteiger partial charge in [-0.2, -0.15) is 0 Å². The van der Waals surface area contributed by atoms with Crippen LogP contribution in [0.1, 0.15) is 6.42 Å². The Morgan fingerprint density at radius 1 is 1.18 bits per heavy atom. The average molecular weight is 480 g/mol. The van der Waals surface area contributed by atoms with Gasteiger partial charge in [-0.3, -0.25) is 24.8 Å². The van der Waals surface area contributed by atoms with Crippen molar-refractivity contribution in [3.63, 3.8) is 0 Å². The molecule has 2 amide bonds. The normalized spacial score (nSPS) is 30.1. The summed E-state index contributed by atoms with van der Waals surface area (Å²) < 4.78 is 28.6. The number of alkyl halides is 1. The van der Waals surface area contributed by atoms with Crippen LogP contribution in [0.5, 0.6) is 0 Å². The van der Waals surface area contributed by atoms with Gasteiger partial charge in [0, 0.05) is 39.3 Å². The Hall–Kier alpha value is -2.45. The standard InChI is InChI=1S/C21H31F2N9O2/c22-13-8-26-20-17(19(24)28-32(20)11-13)21(34)27-15-10-25-9-14(23)18(15)31-6-4-30(5-7-31)16(33)12-29-2-1-3-29/h9-10,13,17,19-20,26,28H,1-8,11-12,24H2,(H,27,34). The molecule has 1 aromatic rings. The van der Waals surface area contributed by atoms with Gasteiger partial charge < -0.3 is 20.9 Å². The number of hydrogen-bond acceptors (Lipinski definition) is 9. The summed E-state index contributed by atoms with van der Waals surface area (Å²) in [6.45, 7) is 4.44. The van der Waals surface area contributed by atoms with Gasteiger partial charge in [0.15, 0.2) is 5.82 Å². The third kappa shape index (κ3) is 4.58. The number of carbonyl (C=O) groups is 2. The molecular formula is C21H31F2N9O2. The molecule has 5 heterocycles. The first-order chi connectivity index (χ1) is 16.4. The third-order valence-electron chi connectivity index (χ3n) is 7.01.